The van der Waals surface area contributed by atoms with E-state index in [1.54, 1.807) is 48.5 Å². The molecule has 0 aliphatic rings. The number of hydrogen-bond acceptors (Lipinski definition) is 6. The highest BCUT2D eigenvalue weighted by Gasteiger charge is 2.13. The fourth-order valence-electron chi connectivity index (χ4n) is 3.17. The number of nitrogens with zero attached hydrogens (tertiary/aromatic N) is 1. The summed E-state index contributed by atoms with van der Waals surface area (Å²) in [5.74, 6) is 0.742. The van der Waals surface area contributed by atoms with Crippen molar-refractivity contribution in [2.24, 2.45) is 5.10 Å². The lowest BCUT2D eigenvalue weighted by molar-refractivity contribution is 0.0953. The molecule has 0 radical (unpaired) electrons. The first-order chi connectivity index (χ1) is 16.0. The van der Waals surface area contributed by atoms with Gasteiger partial charge in [0.1, 0.15) is 0 Å². The monoisotopic (exact) mass is 447 g/mol. The van der Waals surface area contributed by atoms with E-state index in [0.29, 0.717) is 39.6 Å². The summed E-state index contributed by atoms with van der Waals surface area (Å²) in [6.45, 7) is 1.87. The zero-order valence-electron chi connectivity index (χ0n) is 18.8. The van der Waals surface area contributed by atoms with Crippen molar-refractivity contribution in [2.75, 3.05) is 26.6 Å². The highest BCUT2D eigenvalue weighted by atomic mass is 16.5. The first kappa shape index (κ1) is 23.3. The van der Waals surface area contributed by atoms with Crippen LogP contribution in [-0.4, -0.2) is 39.4 Å². The summed E-state index contributed by atoms with van der Waals surface area (Å²) in [5.41, 5.74) is 5.41. The minimum atomic E-state index is -0.425. The van der Waals surface area contributed by atoms with Crippen LogP contribution in [0.1, 0.15) is 31.8 Å². The smallest absolute Gasteiger partial charge is 0.271 e. The van der Waals surface area contributed by atoms with Crippen LogP contribution < -0.4 is 25.0 Å². The summed E-state index contributed by atoms with van der Waals surface area (Å²) < 4.78 is 15.9. The summed E-state index contributed by atoms with van der Waals surface area (Å²) in [6.07, 6.45) is 1.46. The molecule has 0 fully saturated rings. The Morgan fingerprint density at radius 1 is 0.848 bits per heavy atom. The number of methoxy groups -OCH3 is 3. The van der Waals surface area contributed by atoms with Crippen LogP contribution in [0.3, 0.4) is 0 Å². The highest BCUT2D eigenvalue weighted by molar-refractivity contribution is 6.06. The van der Waals surface area contributed by atoms with Gasteiger partial charge in [0.05, 0.1) is 27.5 Å². The Bertz CT molecular complexity index is 1170. The van der Waals surface area contributed by atoms with Gasteiger partial charge in [-0.3, -0.25) is 9.59 Å². The molecule has 0 saturated carbocycles. The van der Waals surface area contributed by atoms with E-state index < -0.39 is 5.91 Å². The van der Waals surface area contributed by atoms with Gasteiger partial charge in [0.2, 0.25) is 5.75 Å². The van der Waals surface area contributed by atoms with Gasteiger partial charge >= 0.3 is 0 Å². The van der Waals surface area contributed by atoms with Gasteiger partial charge in [0.25, 0.3) is 11.8 Å². The first-order valence-electron chi connectivity index (χ1n) is 10.1. The van der Waals surface area contributed by atoms with E-state index in [2.05, 4.69) is 15.8 Å². The molecule has 0 aliphatic carbocycles. The Morgan fingerprint density at radius 2 is 1.55 bits per heavy atom. The van der Waals surface area contributed by atoms with Crippen LogP contribution in [-0.2, 0) is 0 Å². The van der Waals surface area contributed by atoms with E-state index in [1.807, 2.05) is 19.1 Å². The first-order valence-corrected chi connectivity index (χ1v) is 10.1. The number of benzene rings is 3. The van der Waals surface area contributed by atoms with Crippen molar-refractivity contribution in [2.45, 2.75) is 6.92 Å². The molecule has 170 valence electrons. The van der Waals surface area contributed by atoms with Gasteiger partial charge in [-0.05, 0) is 48.9 Å². The van der Waals surface area contributed by atoms with Crippen LogP contribution in [0, 0.1) is 6.92 Å². The second-order valence-electron chi connectivity index (χ2n) is 7.01. The molecule has 0 unspecified atom stereocenters. The van der Waals surface area contributed by atoms with E-state index in [0.717, 1.165) is 5.56 Å². The van der Waals surface area contributed by atoms with Crippen molar-refractivity contribution in [3.8, 4) is 17.2 Å². The second-order valence-corrected chi connectivity index (χ2v) is 7.01. The Balaban J connectivity index is 1.70. The van der Waals surface area contributed by atoms with Crippen LogP contribution in [0.5, 0.6) is 17.2 Å². The normalized spacial score (nSPS) is 10.5. The van der Waals surface area contributed by atoms with Crippen molar-refractivity contribution in [3.63, 3.8) is 0 Å². The molecule has 0 atom stereocenters. The maximum absolute atomic E-state index is 12.5. The number of anilines is 1. The molecule has 3 aromatic carbocycles. The number of hydrogen-bond donors (Lipinski definition) is 2. The van der Waals surface area contributed by atoms with Crippen molar-refractivity contribution in [1.29, 1.82) is 0 Å². The molecule has 8 heteroatoms. The Labute approximate surface area is 192 Å². The van der Waals surface area contributed by atoms with Crippen molar-refractivity contribution >= 4 is 23.7 Å². The molecule has 2 amide bonds. The fourth-order valence-corrected chi connectivity index (χ4v) is 3.17. The van der Waals surface area contributed by atoms with Gasteiger partial charge in [-0.15, -0.1) is 0 Å². The Kier molecular flexibility index (Phi) is 7.64. The molecule has 0 aliphatic heterocycles. The van der Waals surface area contributed by atoms with Crippen LogP contribution in [0.15, 0.2) is 65.8 Å². The molecule has 3 rings (SSSR count). The summed E-state index contributed by atoms with van der Waals surface area (Å²) in [7, 11) is 4.56. The number of hydrazone groups is 1. The quantitative estimate of drug-likeness (QED) is 0.401. The third-order valence-electron chi connectivity index (χ3n) is 4.84. The fraction of sp³-hybridized carbons (Fsp3) is 0.160. The standard InChI is InChI=1S/C25H25N3O5/c1-16-8-5-6-11-20(16)25(30)27-19-10-7-9-18(14-19)24(29)28-26-15-17-12-21(31-2)23(33-4)22(13-17)32-3/h5-15H,1-4H3,(H,27,30)(H,28,29)/b26-15-. The molecule has 0 aromatic heterocycles. The van der Waals surface area contributed by atoms with Gasteiger partial charge in [-0.2, -0.15) is 5.10 Å². The van der Waals surface area contributed by atoms with Crippen LogP contribution in [0.4, 0.5) is 5.69 Å². The average molecular weight is 447 g/mol. The summed E-state index contributed by atoms with van der Waals surface area (Å²) in [5, 5.41) is 6.83. The van der Waals surface area contributed by atoms with Gasteiger partial charge in [-0.1, -0.05) is 24.3 Å². The molecule has 3 aromatic rings. The van der Waals surface area contributed by atoms with Crippen molar-refractivity contribution in [1.82, 2.24) is 5.43 Å². The maximum atomic E-state index is 12.5. The number of ether oxygens (including phenoxy) is 3. The number of carbonyl (C=O) groups is 2. The number of nitrogens with one attached hydrogen (secondary N) is 2. The SMILES string of the molecule is COc1cc(/C=N\NC(=O)c2cccc(NC(=O)c3ccccc3C)c2)cc(OC)c1OC. The highest BCUT2D eigenvalue weighted by Crippen LogP contribution is 2.37. The zero-order chi connectivity index (χ0) is 23.8. The molecule has 0 saturated heterocycles. The number of aryl methyl sites for hydroxylation is 1. The average Bonchev–Trinajstić information content (AvgIpc) is 2.83. The second kappa shape index (κ2) is 10.8. The van der Waals surface area contributed by atoms with E-state index in [1.165, 1.54) is 27.5 Å². The lowest BCUT2D eigenvalue weighted by Crippen LogP contribution is -2.18. The summed E-state index contributed by atoms with van der Waals surface area (Å²) in [4.78, 5) is 25.1. The molecule has 2 N–H and O–H groups in total. The van der Waals surface area contributed by atoms with E-state index in [4.69, 9.17) is 14.2 Å². The number of carbonyl (C=O) groups excluding carboxylic acids is 2. The molecule has 0 heterocycles. The van der Waals surface area contributed by atoms with Crippen LogP contribution in [0.25, 0.3) is 0 Å². The predicted octanol–water partition coefficient (Wildman–Crippen LogP) is 4.04. The van der Waals surface area contributed by atoms with Gasteiger partial charge in [0, 0.05) is 22.4 Å². The molecular weight excluding hydrogens is 422 g/mol. The Morgan fingerprint density at radius 3 is 2.18 bits per heavy atom. The minimum Gasteiger partial charge on any atom is -0.493 e. The predicted molar refractivity (Wildman–Crippen MR) is 127 cm³/mol. The topological polar surface area (TPSA) is 98.2 Å². The number of rotatable bonds is 8. The third kappa shape index (κ3) is 5.68. The maximum Gasteiger partial charge on any atom is 0.271 e. The largest absolute Gasteiger partial charge is 0.493 e. The van der Waals surface area contributed by atoms with Gasteiger partial charge in [0.15, 0.2) is 11.5 Å². The van der Waals surface area contributed by atoms with Crippen LogP contribution in [0.2, 0.25) is 0 Å². The molecule has 0 spiro atoms. The minimum absolute atomic E-state index is 0.244. The lowest BCUT2D eigenvalue weighted by atomic mass is 10.1. The number of amides is 2. The summed E-state index contributed by atoms with van der Waals surface area (Å²) in [6, 6.07) is 17.3. The van der Waals surface area contributed by atoms with E-state index in [9.17, 15) is 9.59 Å². The molecule has 8 nitrogen and oxygen atoms in total. The van der Waals surface area contributed by atoms with Gasteiger partial charge < -0.3 is 19.5 Å². The molecular formula is C25H25N3O5. The van der Waals surface area contributed by atoms with Crippen molar-refractivity contribution in [3.05, 3.63) is 82.9 Å². The molecule has 0 bridgehead atoms. The zero-order valence-corrected chi connectivity index (χ0v) is 18.8. The molecule has 33 heavy (non-hydrogen) atoms. The Hall–Kier alpha value is -4.33. The third-order valence-corrected chi connectivity index (χ3v) is 4.84. The lowest BCUT2D eigenvalue weighted by Gasteiger charge is -2.12. The summed E-state index contributed by atoms with van der Waals surface area (Å²) >= 11 is 0. The van der Waals surface area contributed by atoms with Crippen LogP contribution >= 0.6 is 0 Å². The van der Waals surface area contributed by atoms with Gasteiger partial charge in [-0.25, -0.2) is 5.43 Å². The van der Waals surface area contributed by atoms with Crippen molar-refractivity contribution < 1.29 is 23.8 Å². The van der Waals surface area contributed by atoms with E-state index in [-0.39, 0.29) is 5.91 Å². The van der Waals surface area contributed by atoms with E-state index >= 15 is 0 Å².